The molecule has 1 aliphatic heterocycles. The number of anilines is 1. The lowest BCUT2D eigenvalue weighted by Crippen LogP contribution is -2.31. The minimum atomic E-state index is -0.388. The normalized spacial score (nSPS) is 16.5. The van der Waals surface area contributed by atoms with E-state index in [1.807, 2.05) is 0 Å². The Labute approximate surface area is 111 Å². The highest BCUT2D eigenvalue weighted by Crippen LogP contribution is 2.28. The van der Waals surface area contributed by atoms with Crippen LogP contribution in [0.2, 0.25) is 5.02 Å². The average molecular weight is 270 g/mol. The van der Waals surface area contributed by atoms with E-state index in [2.05, 4.69) is 10.6 Å². The van der Waals surface area contributed by atoms with Crippen LogP contribution in [-0.4, -0.2) is 24.6 Å². The Balaban J connectivity index is 2.03. The van der Waals surface area contributed by atoms with Gasteiger partial charge in [-0.25, -0.2) is 0 Å². The fraction of sp³-hybridized carbons (Fsp3) is 0.500. The van der Waals surface area contributed by atoms with Gasteiger partial charge in [0.2, 0.25) is 0 Å². The third kappa shape index (κ3) is 3.34. The van der Waals surface area contributed by atoms with Crippen molar-refractivity contribution in [3.05, 3.63) is 33.3 Å². The summed E-state index contributed by atoms with van der Waals surface area (Å²) in [5.74, 6) is 0.560. The third-order valence-corrected chi connectivity index (χ3v) is 3.43. The molecule has 2 N–H and O–H groups in total. The van der Waals surface area contributed by atoms with Crippen LogP contribution in [-0.2, 0) is 0 Å². The summed E-state index contributed by atoms with van der Waals surface area (Å²) < 4.78 is 0. The molecule has 2 rings (SSSR count). The minimum Gasteiger partial charge on any atom is -0.379 e. The van der Waals surface area contributed by atoms with Crippen LogP contribution >= 0.6 is 11.6 Å². The molecule has 0 aliphatic carbocycles. The zero-order valence-electron chi connectivity index (χ0n) is 9.99. The van der Waals surface area contributed by atoms with Gasteiger partial charge in [-0.1, -0.05) is 11.6 Å². The summed E-state index contributed by atoms with van der Waals surface area (Å²) in [6, 6.07) is 4.59. The first-order chi connectivity index (χ1) is 8.66. The SMILES string of the molecule is O=[N+]([O-])c1ccc(Cl)cc1NCC1CCNCC1. The van der Waals surface area contributed by atoms with Crippen LogP contribution in [0.1, 0.15) is 12.8 Å². The number of halogens is 1. The van der Waals surface area contributed by atoms with Crippen molar-refractivity contribution in [2.45, 2.75) is 12.8 Å². The van der Waals surface area contributed by atoms with Gasteiger partial charge < -0.3 is 10.6 Å². The molecule has 0 atom stereocenters. The van der Waals surface area contributed by atoms with Crippen molar-refractivity contribution in [2.24, 2.45) is 5.92 Å². The number of nitrogens with zero attached hydrogens (tertiary/aromatic N) is 1. The van der Waals surface area contributed by atoms with Crippen LogP contribution in [0.3, 0.4) is 0 Å². The number of rotatable bonds is 4. The van der Waals surface area contributed by atoms with E-state index in [9.17, 15) is 10.1 Å². The molecule has 0 unspecified atom stereocenters. The van der Waals surface area contributed by atoms with Crippen LogP contribution in [0.25, 0.3) is 0 Å². The standard InChI is InChI=1S/C12H16ClN3O2/c13-10-1-2-12(16(17)18)11(7-10)15-8-9-3-5-14-6-4-9/h1-2,7,9,14-15H,3-6,8H2. The lowest BCUT2D eigenvalue weighted by Gasteiger charge is -2.23. The van der Waals surface area contributed by atoms with Crippen molar-refractivity contribution in [1.82, 2.24) is 5.32 Å². The topological polar surface area (TPSA) is 67.2 Å². The van der Waals surface area contributed by atoms with Gasteiger partial charge in [-0.15, -0.1) is 0 Å². The zero-order valence-corrected chi connectivity index (χ0v) is 10.7. The molecule has 1 aromatic rings. The smallest absolute Gasteiger partial charge is 0.292 e. The second-order valence-electron chi connectivity index (χ2n) is 4.49. The van der Waals surface area contributed by atoms with Gasteiger partial charge in [0.15, 0.2) is 0 Å². The first kappa shape index (κ1) is 13.1. The van der Waals surface area contributed by atoms with Crippen LogP contribution in [0, 0.1) is 16.0 Å². The second-order valence-corrected chi connectivity index (χ2v) is 4.93. The van der Waals surface area contributed by atoms with E-state index < -0.39 is 0 Å². The van der Waals surface area contributed by atoms with Crippen LogP contribution in [0.5, 0.6) is 0 Å². The van der Waals surface area contributed by atoms with Gasteiger partial charge in [-0.2, -0.15) is 0 Å². The molecule has 0 saturated carbocycles. The average Bonchev–Trinajstić information content (AvgIpc) is 2.37. The van der Waals surface area contributed by atoms with Crippen molar-refractivity contribution in [3.8, 4) is 0 Å². The summed E-state index contributed by atoms with van der Waals surface area (Å²) in [7, 11) is 0. The molecular weight excluding hydrogens is 254 g/mol. The van der Waals surface area contributed by atoms with E-state index in [1.54, 1.807) is 6.07 Å². The Morgan fingerprint density at radius 3 is 2.83 bits per heavy atom. The van der Waals surface area contributed by atoms with Gasteiger partial charge in [0.05, 0.1) is 4.92 Å². The molecule has 0 bridgehead atoms. The summed E-state index contributed by atoms with van der Waals surface area (Å²) in [6.45, 7) is 2.79. The summed E-state index contributed by atoms with van der Waals surface area (Å²) >= 11 is 5.87. The Hall–Kier alpha value is -1.33. The van der Waals surface area contributed by atoms with E-state index in [4.69, 9.17) is 11.6 Å². The molecule has 1 saturated heterocycles. The largest absolute Gasteiger partial charge is 0.379 e. The van der Waals surface area contributed by atoms with E-state index in [-0.39, 0.29) is 10.6 Å². The van der Waals surface area contributed by atoms with E-state index in [0.717, 1.165) is 32.5 Å². The maximum absolute atomic E-state index is 10.9. The van der Waals surface area contributed by atoms with Crippen LogP contribution < -0.4 is 10.6 Å². The quantitative estimate of drug-likeness (QED) is 0.651. The number of nitro benzene ring substituents is 1. The Kier molecular flexibility index (Phi) is 4.38. The lowest BCUT2D eigenvalue weighted by molar-refractivity contribution is -0.384. The number of hydrogen-bond donors (Lipinski definition) is 2. The highest BCUT2D eigenvalue weighted by Gasteiger charge is 2.17. The predicted molar refractivity (Wildman–Crippen MR) is 72.2 cm³/mol. The van der Waals surface area contributed by atoms with Gasteiger partial charge in [0.1, 0.15) is 5.69 Å². The molecule has 6 heteroatoms. The van der Waals surface area contributed by atoms with Gasteiger partial charge in [0, 0.05) is 17.6 Å². The van der Waals surface area contributed by atoms with Crippen molar-refractivity contribution in [2.75, 3.05) is 25.0 Å². The first-order valence-corrected chi connectivity index (χ1v) is 6.43. The molecule has 1 aromatic carbocycles. The van der Waals surface area contributed by atoms with E-state index in [1.165, 1.54) is 12.1 Å². The molecule has 0 aromatic heterocycles. The fourth-order valence-corrected chi connectivity index (χ4v) is 2.32. The number of piperidine rings is 1. The van der Waals surface area contributed by atoms with Crippen molar-refractivity contribution >= 4 is 23.0 Å². The lowest BCUT2D eigenvalue weighted by atomic mass is 9.98. The molecular formula is C12H16ClN3O2. The molecule has 18 heavy (non-hydrogen) atoms. The third-order valence-electron chi connectivity index (χ3n) is 3.20. The molecule has 1 aliphatic rings. The molecule has 98 valence electrons. The van der Waals surface area contributed by atoms with Crippen molar-refractivity contribution in [1.29, 1.82) is 0 Å². The zero-order chi connectivity index (χ0) is 13.0. The number of nitrogens with one attached hydrogen (secondary N) is 2. The van der Waals surface area contributed by atoms with Gasteiger partial charge in [-0.05, 0) is 44.0 Å². The Morgan fingerprint density at radius 1 is 1.44 bits per heavy atom. The molecule has 0 amide bonds. The van der Waals surface area contributed by atoms with Gasteiger partial charge >= 0.3 is 0 Å². The van der Waals surface area contributed by atoms with Gasteiger partial charge in [-0.3, -0.25) is 10.1 Å². The minimum absolute atomic E-state index is 0.0772. The maximum atomic E-state index is 10.9. The van der Waals surface area contributed by atoms with Gasteiger partial charge in [0.25, 0.3) is 5.69 Å². The predicted octanol–water partition coefficient (Wildman–Crippen LogP) is 2.66. The molecule has 0 spiro atoms. The van der Waals surface area contributed by atoms with E-state index >= 15 is 0 Å². The highest BCUT2D eigenvalue weighted by atomic mass is 35.5. The summed E-state index contributed by atoms with van der Waals surface area (Å²) in [5, 5.41) is 17.9. The molecule has 1 heterocycles. The first-order valence-electron chi connectivity index (χ1n) is 6.05. The molecule has 1 fully saturated rings. The number of nitro groups is 1. The number of hydrogen-bond acceptors (Lipinski definition) is 4. The number of benzene rings is 1. The Morgan fingerprint density at radius 2 is 2.17 bits per heavy atom. The van der Waals surface area contributed by atoms with Crippen LogP contribution in [0.15, 0.2) is 18.2 Å². The van der Waals surface area contributed by atoms with Crippen LogP contribution in [0.4, 0.5) is 11.4 Å². The molecule has 5 nitrogen and oxygen atoms in total. The Bertz CT molecular complexity index is 433. The second kappa shape index (κ2) is 6.02. The van der Waals surface area contributed by atoms with Crippen molar-refractivity contribution in [3.63, 3.8) is 0 Å². The molecule has 0 radical (unpaired) electrons. The highest BCUT2D eigenvalue weighted by molar-refractivity contribution is 6.31. The summed E-state index contributed by atoms with van der Waals surface area (Å²) in [4.78, 5) is 10.5. The summed E-state index contributed by atoms with van der Waals surface area (Å²) in [6.07, 6.45) is 2.20. The van der Waals surface area contributed by atoms with E-state index in [0.29, 0.717) is 16.6 Å². The monoisotopic (exact) mass is 269 g/mol. The maximum Gasteiger partial charge on any atom is 0.292 e. The summed E-state index contributed by atoms with van der Waals surface area (Å²) in [5.41, 5.74) is 0.583. The fourth-order valence-electron chi connectivity index (χ4n) is 2.15. The van der Waals surface area contributed by atoms with Crippen molar-refractivity contribution < 1.29 is 4.92 Å².